The number of methoxy groups -OCH3 is 1. The third-order valence-corrected chi connectivity index (χ3v) is 7.44. The third-order valence-electron chi connectivity index (χ3n) is 5.12. The van der Waals surface area contributed by atoms with Gasteiger partial charge in [-0.1, -0.05) is 23.7 Å². The zero-order chi connectivity index (χ0) is 22.8. The highest BCUT2D eigenvalue weighted by molar-refractivity contribution is 7.89. The van der Waals surface area contributed by atoms with Crippen LogP contribution in [-0.4, -0.2) is 51.0 Å². The summed E-state index contributed by atoms with van der Waals surface area (Å²) in [4.78, 5) is 12.6. The Morgan fingerprint density at radius 2 is 1.87 bits per heavy atom. The number of rotatable bonds is 6. The van der Waals surface area contributed by atoms with Gasteiger partial charge in [0.05, 0.1) is 24.3 Å². The van der Waals surface area contributed by atoms with Crippen molar-refractivity contribution in [3.05, 3.63) is 58.1 Å². The topological polar surface area (TPSA) is 84.9 Å². The van der Waals surface area contributed by atoms with Crippen LogP contribution in [0.3, 0.4) is 0 Å². The molecular weight excluding hydrogens is 440 g/mol. The first-order chi connectivity index (χ1) is 14.6. The summed E-state index contributed by atoms with van der Waals surface area (Å²) < 4.78 is 38.7. The van der Waals surface area contributed by atoms with E-state index in [1.54, 1.807) is 7.11 Å². The van der Waals surface area contributed by atoms with Gasteiger partial charge in [-0.25, -0.2) is 8.42 Å². The van der Waals surface area contributed by atoms with Crippen molar-refractivity contribution in [2.24, 2.45) is 0 Å². The Balaban J connectivity index is 1.79. The van der Waals surface area contributed by atoms with Crippen LogP contribution in [0.25, 0.3) is 0 Å². The smallest absolute Gasteiger partial charge is 0.251 e. The van der Waals surface area contributed by atoms with Crippen molar-refractivity contribution < 1.29 is 22.7 Å². The molecule has 31 heavy (non-hydrogen) atoms. The summed E-state index contributed by atoms with van der Waals surface area (Å²) in [7, 11) is -2.28. The maximum atomic E-state index is 13.2. The fourth-order valence-corrected chi connectivity index (χ4v) is 5.66. The second-order valence-corrected chi connectivity index (χ2v) is 10.0. The van der Waals surface area contributed by atoms with Crippen molar-refractivity contribution in [1.82, 2.24) is 9.62 Å². The molecule has 1 aliphatic rings. The van der Waals surface area contributed by atoms with E-state index in [1.165, 1.54) is 22.5 Å². The minimum absolute atomic E-state index is 0.0756. The number of amides is 1. The van der Waals surface area contributed by atoms with Crippen molar-refractivity contribution in [2.45, 2.75) is 44.4 Å². The van der Waals surface area contributed by atoms with E-state index < -0.39 is 15.9 Å². The molecule has 2 unspecified atom stereocenters. The third kappa shape index (κ3) is 5.38. The Bertz CT molecular complexity index is 1060. The predicted octanol–water partition coefficient (Wildman–Crippen LogP) is 3.38. The summed E-state index contributed by atoms with van der Waals surface area (Å²) in [6, 6.07) is 9.94. The van der Waals surface area contributed by atoms with E-state index in [4.69, 9.17) is 21.1 Å². The van der Waals surface area contributed by atoms with Crippen LogP contribution in [-0.2, 0) is 21.3 Å². The summed E-state index contributed by atoms with van der Waals surface area (Å²) in [6.07, 6.45) is -0.453. The van der Waals surface area contributed by atoms with Crippen molar-refractivity contribution >= 4 is 27.5 Å². The normalized spacial score (nSPS) is 19.8. The molecule has 0 aliphatic carbocycles. The molecule has 0 saturated carbocycles. The van der Waals surface area contributed by atoms with E-state index >= 15 is 0 Å². The number of carbonyl (C=O) groups excluding carboxylic acids is 1. The average Bonchev–Trinajstić information content (AvgIpc) is 2.72. The van der Waals surface area contributed by atoms with Gasteiger partial charge in [0.15, 0.2) is 0 Å². The van der Waals surface area contributed by atoms with Gasteiger partial charge >= 0.3 is 0 Å². The minimum atomic E-state index is -3.87. The number of halogens is 1. The highest BCUT2D eigenvalue weighted by atomic mass is 35.5. The number of sulfonamides is 1. The minimum Gasteiger partial charge on any atom is -0.496 e. The Morgan fingerprint density at radius 3 is 2.52 bits per heavy atom. The molecule has 2 atom stereocenters. The van der Waals surface area contributed by atoms with Crippen LogP contribution in [0.2, 0.25) is 5.02 Å². The van der Waals surface area contributed by atoms with E-state index in [2.05, 4.69) is 5.32 Å². The zero-order valence-electron chi connectivity index (χ0n) is 18.0. The van der Waals surface area contributed by atoms with Crippen LogP contribution in [0.15, 0.2) is 41.3 Å². The van der Waals surface area contributed by atoms with Crippen molar-refractivity contribution in [3.63, 3.8) is 0 Å². The quantitative estimate of drug-likeness (QED) is 0.705. The van der Waals surface area contributed by atoms with Gasteiger partial charge in [0.25, 0.3) is 5.91 Å². The molecule has 1 fully saturated rings. The Labute approximate surface area is 188 Å². The van der Waals surface area contributed by atoms with Crippen LogP contribution >= 0.6 is 11.6 Å². The molecule has 1 amide bonds. The number of hydrogen-bond donors (Lipinski definition) is 1. The second kappa shape index (κ2) is 9.56. The molecule has 3 rings (SSSR count). The van der Waals surface area contributed by atoms with Crippen molar-refractivity contribution in [3.8, 4) is 5.75 Å². The largest absolute Gasteiger partial charge is 0.496 e. The average molecular weight is 467 g/mol. The van der Waals surface area contributed by atoms with Gasteiger partial charge in [-0.15, -0.1) is 0 Å². The lowest BCUT2D eigenvalue weighted by Gasteiger charge is -2.34. The van der Waals surface area contributed by atoms with Crippen LogP contribution in [0.4, 0.5) is 0 Å². The molecule has 2 aromatic carbocycles. The predicted molar refractivity (Wildman–Crippen MR) is 119 cm³/mol. The van der Waals surface area contributed by atoms with E-state index in [0.717, 1.165) is 16.9 Å². The molecule has 9 heteroatoms. The van der Waals surface area contributed by atoms with Crippen LogP contribution in [0.5, 0.6) is 5.75 Å². The van der Waals surface area contributed by atoms with Crippen LogP contribution in [0, 0.1) is 6.92 Å². The molecule has 1 aliphatic heterocycles. The summed E-state index contributed by atoms with van der Waals surface area (Å²) >= 11 is 6.22. The van der Waals surface area contributed by atoms with Gasteiger partial charge in [-0.3, -0.25) is 4.79 Å². The van der Waals surface area contributed by atoms with Crippen LogP contribution < -0.4 is 10.1 Å². The molecule has 0 aromatic heterocycles. The molecule has 1 heterocycles. The first-order valence-electron chi connectivity index (χ1n) is 9.98. The van der Waals surface area contributed by atoms with Crippen molar-refractivity contribution in [2.75, 3.05) is 20.2 Å². The molecule has 168 valence electrons. The molecular formula is C22H27ClN2O5S. The number of nitrogens with one attached hydrogen (secondary N) is 1. The lowest BCUT2D eigenvalue weighted by atomic mass is 10.1. The van der Waals surface area contributed by atoms with E-state index in [9.17, 15) is 13.2 Å². The van der Waals surface area contributed by atoms with Gasteiger partial charge in [0.1, 0.15) is 10.6 Å². The fourth-order valence-electron chi connectivity index (χ4n) is 3.57. The van der Waals surface area contributed by atoms with Gasteiger partial charge in [-0.2, -0.15) is 4.31 Å². The summed E-state index contributed by atoms with van der Waals surface area (Å²) in [5.74, 6) is 0.344. The number of carbonyl (C=O) groups is 1. The Morgan fingerprint density at radius 1 is 1.19 bits per heavy atom. The van der Waals surface area contributed by atoms with Crippen molar-refractivity contribution in [1.29, 1.82) is 0 Å². The summed E-state index contributed by atoms with van der Waals surface area (Å²) in [5.41, 5.74) is 2.09. The van der Waals surface area contributed by atoms with Crippen LogP contribution in [0.1, 0.15) is 35.3 Å². The van der Waals surface area contributed by atoms with Gasteiger partial charge in [0, 0.05) is 25.2 Å². The van der Waals surface area contributed by atoms with Gasteiger partial charge in [-0.05, 0) is 56.2 Å². The number of nitrogens with zero attached hydrogens (tertiary/aromatic N) is 1. The Hall–Kier alpha value is -2.13. The molecule has 7 nitrogen and oxygen atoms in total. The first-order valence-corrected chi connectivity index (χ1v) is 11.8. The van der Waals surface area contributed by atoms with E-state index in [1.807, 2.05) is 39.0 Å². The second-order valence-electron chi connectivity index (χ2n) is 7.71. The zero-order valence-corrected chi connectivity index (χ0v) is 19.6. The molecule has 1 N–H and O–H groups in total. The maximum absolute atomic E-state index is 13.2. The van der Waals surface area contributed by atoms with Gasteiger partial charge < -0.3 is 14.8 Å². The number of hydrogen-bond acceptors (Lipinski definition) is 5. The lowest BCUT2D eigenvalue weighted by Crippen LogP contribution is -2.48. The van der Waals surface area contributed by atoms with Gasteiger partial charge in [0.2, 0.25) is 10.0 Å². The number of ether oxygens (including phenoxy) is 2. The molecule has 1 saturated heterocycles. The lowest BCUT2D eigenvalue weighted by molar-refractivity contribution is -0.0440. The molecule has 0 spiro atoms. The summed E-state index contributed by atoms with van der Waals surface area (Å²) in [6.45, 7) is 6.32. The monoisotopic (exact) mass is 466 g/mol. The SMILES string of the molecule is COc1cc(CNC(=O)c2ccc(Cl)c(S(=O)(=O)N3CC(C)OC(C)C3)c2)ccc1C. The number of benzene rings is 2. The first kappa shape index (κ1) is 23.5. The molecule has 2 aromatic rings. The fraction of sp³-hybridized carbons (Fsp3) is 0.409. The highest BCUT2D eigenvalue weighted by Crippen LogP contribution is 2.28. The maximum Gasteiger partial charge on any atom is 0.251 e. The molecule has 0 bridgehead atoms. The number of aryl methyl sites for hydroxylation is 1. The van der Waals surface area contributed by atoms with E-state index in [-0.39, 0.29) is 47.3 Å². The summed E-state index contributed by atoms with van der Waals surface area (Å²) in [5, 5.41) is 2.89. The standard InChI is InChI=1S/C22H27ClN2O5S/c1-14-5-6-17(9-20(14)29-4)11-24-22(26)18-7-8-19(23)21(10-18)31(27,28)25-12-15(2)30-16(3)13-25/h5-10,15-16H,11-13H2,1-4H3,(H,24,26). The molecule has 0 radical (unpaired) electrons. The highest BCUT2D eigenvalue weighted by Gasteiger charge is 2.33. The Kier molecular flexibility index (Phi) is 7.26. The van der Waals surface area contributed by atoms with E-state index in [0.29, 0.717) is 0 Å². The number of morpholine rings is 1.